The number of carbonyl (C=O) groups excluding carboxylic acids is 1. The van der Waals surface area contributed by atoms with Crippen molar-refractivity contribution in [1.82, 2.24) is 5.32 Å². The molecule has 0 aromatic heterocycles. The Kier molecular flexibility index (Phi) is 5.13. The monoisotopic (exact) mass is 349 g/mol. The van der Waals surface area contributed by atoms with Gasteiger partial charge in [0.05, 0.1) is 6.61 Å². The van der Waals surface area contributed by atoms with E-state index in [0.717, 1.165) is 29.0 Å². The molecule has 3 atom stereocenters. The van der Waals surface area contributed by atoms with Gasteiger partial charge < -0.3 is 24.6 Å². The molecule has 25 heavy (non-hydrogen) atoms. The molecule has 136 valence electrons. The lowest BCUT2D eigenvalue weighted by Crippen LogP contribution is -2.35. The molecule has 0 spiro atoms. The number of hydrogen-bond donors (Lipinski definition) is 2. The van der Waals surface area contributed by atoms with E-state index in [2.05, 4.69) is 5.32 Å². The van der Waals surface area contributed by atoms with Gasteiger partial charge in [-0.25, -0.2) is 4.79 Å². The zero-order valence-corrected chi connectivity index (χ0v) is 14.4. The Morgan fingerprint density at radius 2 is 2.08 bits per heavy atom. The van der Waals surface area contributed by atoms with Crippen molar-refractivity contribution in [2.24, 2.45) is 0 Å². The Hall–Kier alpha value is -2.28. The molecule has 2 aliphatic rings. The molecular formula is C18H23NO6. The average molecular weight is 349 g/mol. The minimum atomic E-state index is -1.03. The first-order chi connectivity index (χ1) is 12.0. The molecule has 2 aliphatic heterocycles. The van der Waals surface area contributed by atoms with Crippen LogP contribution in [-0.2, 0) is 27.3 Å². The van der Waals surface area contributed by atoms with Crippen molar-refractivity contribution in [1.29, 1.82) is 0 Å². The average Bonchev–Trinajstić information content (AvgIpc) is 3.18. The third kappa shape index (κ3) is 3.87. The van der Waals surface area contributed by atoms with E-state index in [1.165, 1.54) is 0 Å². The summed E-state index contributed by atoms with van der Waals surface area (Å²) in [6, 6.07) is 3.87. The van der Waals surface area contributed by atoms with E-state index in [0.29, 0.717) is 19.4 Å². The quantitative estimate of drug-likeness (QED) is 0.811. The van der Waals surface area contributed by atoms with E-state index in [9.17, 15) is 9.59 Å². The molecule has 7 heteroatoms. The van der Waals surface area contributed by atoms with Crippen LogP contribution in [0.5, 0.6) is 11.5 Å². The van der Waals surface area contributed by atoms with Gasteiger partial charge in [-0.2, -0.15) is 0 Å². The lowest BCUT2D eigenvalue weighted by molar-refractivity contribution is -0.151. The van der Waals surface area contributed by atoms with Crippen molar-refractivity contribution in [2.45, 2.75) is 58.0 Å². The summed E-state index contributed by atoms with van der Waals surface area (Å²) in [5.41, 5.74) is 1.94. The molecule has 1 aromatic rings. The molecule has 1 amide bonds. The second-order valence-electron chi connectivity index (χ2n) is 6.38. The van der Waals surface area contributed by atoms with Crippen LogP contribution in [0.25, 0.3) is 0 Å². The molecule has 2 heterocycles. The fourth-order valence-electron chi connectivity index (χ4n) is 3.22. The molecule has 1 aromatic carbocycles. The van der Waals surface area contributed by atoms with Gasteiger partial charge in [0.2, 0.25) is 5.91 Å². The van der Waals surface area contributed by atoms with Crippen LogP contribution >= 0.6 is 0 Å². The summed E-state index contributed by atoms with van der Waals surface area (Å²) in [6.07, 6.45) is 0.115. The fraction of sp³-hybridized carbons (Fsp3) is 0.556. The Labute approximate surface area is 146 Å². The van der Waals surface area contributed by atoms with Crippen LogP contribution in [0, 0.1) is 0 Å². The van der Waals surface area contributed by atoms with Gasteiger partial charge in [0.15, 0.2) is 6.10 Å². The van der Waals surface area contributed by atoms with Gasteiger partial charge in [0.1, 0.15) is 23.7 Å². The second kappa shape index (κ2) is 7.31. The highest BCUT2D eigenvalue weighted by atomic mass is 16.5. The molecule has 2 N–H and O–H groups in total. The number of carboxylic acid groups (broad SMARTS) is 1. The predicted octanol–water partition coefficient (Wildman–Crippen LogP) is 1.66. The van der Waals surface area contributed by atoms with Crippen LogP contribution in [0.3, 0.4) is 0 Å². The minimum absolute atomic E-state index is 0.133. The van der Waals surface area contributed by atoms with E-state index in [4.69, 9.17) is 19.3 Å². The van der Waals surface area contributed by atoms with Crippen molar-refractivity contribution in [3.63, 3.8) is 0 Å². The maximum atomic E-state index is 12.2. The molecule has 0 aliphatic carbocycles. The number of rotatable bonds is 6. The molecule has 0 saturated carbocycles. The first-order valence-corrected chi connectivity index (χ1v) is 8.59. The van der Waals surface area contributed by atoms with Gasteiger partial charge in [-0.15, -0.1) is 0 Å². The number of ether oxygens (including phenoxy) is 3. The molecule has 1 saturated heterocycles. The first-order valence-electron chi connectivity index (χ1n) is 8.59. The van der Waals surface area contributed by atoms with Crippen LogP contribution in [0.4, 0.5) is 0 Å². The van der Waals surface area contributed by atoms with Crippen molar-refractivity contribution in [2.75, 3.05) is 6.61 Å². The zero-order chi connectivity index (χ0) is 18.0. The van der Waals surface area contributed by atoms with Gasteiger partial charge in [-0.1, -0.05) is 0 Å². The van der Waals surface area contributed by atoms with Crippen LogP contribution in [0.2, 0.25) is 0 Å². The smallest absolute Gasteiger partial charge is 0.332 e. The van der Waals surface area contributed by atoms with Crippen molar-refractivity contribution in [3.05, 3.63) is 23.3 Å². The molecule has 0 bridgehead atoms. The molecular weight excluding hydrogens is 326 g/mol. The summed E-state index contributed by atoms with van der Waals surface area (Å²) in [5, 5.41) is 11.7. The first kappa shape index (κ1) is 17.5. The predicted molar refractivity (Wildman–Crippen MR) is 88.8 cm³/mol. The Balaban J connectivity index is 1.65. The van der Waals surface area contributed by atoms with Gasteiger partial charge >= 0.3 is 5.97 Å². The highest BCUT2D eigenvalue weighted by Crippen LogP contribution is 2.35. The SMILES string of the molecule is CCOc1cc2c(cc1CNC(=O)[C@@H]1CC[C@H](C(=O)O)O1)OC(C)C2. The summed E-state index contributed by atoms with van der Waals surface area (Å²) < 4.78 is 16.7. The standard InChI is InChI=1S/C18H23NO6/c1-3-23-15-7-11-6-10(2)24-16(11)8-12(15)9-19-17(20)13-4-5-14(25-13)18(21)22/h7-8,10,13-14H,3-6,9H2,1-2H3,(H,19,20)(H,21,22)/t10?,13-,14+/m0/s1. The van der Waals surface area contributed by atoms with Crippen LogP contribution < -0.4 is 14.8 Å². The van der Waals surface area contributed by atoms with Crippen molar-refractivity contribution < 1.29 is 28.9 Å². The highest BCUT2D eigenvalue weighted by Gasteiger charge is 2.34. The Morgan fingerprint density at radius 3 is 2.76 bits per heavy atom. The summed E-state index contributed by atoms with van der Waals surface area (Å²) in [6.45, 7) is 4.73. The second-order valence-corrected chi connectivity index (χ2v) is 6.38. The highest BCUT2D eigenvalue weighted by molar-refractivity contribution is 5.82. The number of amides is 1. The summed E-state index contributed by atoms with van der Waals surface area (Å²) in [5.74, 6) is 0.220. The largest absolute Gasteiger partial charge is 0.494 e. The number of carbonyl (C=O) groups is 2. The maximum absolute atomic E-state index is 12.2. The van der Waals surface area contributed by atoms with Crippen LogP contribution in [0.15, 0.2) is 12.1 Å². The van der Waals surface area contributed by atoms with Gasteiger partial charge in [0.25, 0.3) is 0 Å². The Bertz CT molecular complexity index is 674. The third-order valence-corrected chi connectivity index (χ3v) is 4.42. The minimum Gasteiger partial charge on any atom is -0.494 e. The van der Waals surface area contributed by atoms with Crippen molar-refractivity contribution >= 4 is 11.9 Å². The van der Waals surface area contributed by atoms with Crippen molar-refractivity contribution in [3.8, 4) is 11.5 Å². The summed E-state index contributed by atoms with van der Waals surface area (Å²) in [4.78, 5) is 23.2. The lowest BCUT2D eigenvalue weighted by Gasteiger charge is -2.15. The van der Waals surface area contributed by atoms with Crippen LogP contribution in [-0.4, -0.2) is 41.9 Å². The van der Waals surface area contributed by atoms with E-state index in [1.807, 2.05) is 26.0 Å². The number of fused-ring (bicyclic) bond motifs is 1. The topological polar surface area (TPSA) is 94.1 Å². The number of benzene rings is 1. The van der Waals surface area contributed by atoms with Crippen LogP contribution in [0.1, 0.15) is 37.8 Å². The van der Waals surface area contributed by atoms with Gasteiger partial charge in [-0.3, -0.25) is 4.79 Å². The van der Waals surface area contributed by atoms with E-state index in [-0.39, 0.29) is 18.6 Å². The summed E-state index contributed by atoms with van der Waals surface area (Å²) >= 11 is 0. The third-order valence-electron chi connectivity index (χ3n) is 4.42. The zero-order valence-electron chi connectivity index (χ0n) is 14.4. The molecule has 3 rings (SSSR count). The van der Waals surface area contributed by atoms with E-state index in [1.54, 1.807) is 0 Å². The number of nitrogens with one attached hydrogen (secondary N) is 1. The number of aliphatic carboxylic acids is 1. The Morgan fingerprint density at radius 1 is 1.32 bits per heavy atom. The fourth-order valence-corrected chi connectivity index (χ4v) is 3.22. The summed E-state index contributed by atoms with van der Waals surface area (Å²) in [7, 11) is 0. The van der Waals surface area contributed by atoms with E-state index >= 15 is 0 Å². The maximum Gasteiger partial charge on any atom is 0.332 e. The van der Waals surface area contributed by atoms with E-state index < -0.39 is 18.2 Å². The number of hydrogen-bond acceptors (Lipinski definition) is 5. The molecule has 0 radical (unpaired) electrons. The molecule has 1 fully saturated rings. The number of carboxylic acids is 1. The normalized spacial score (nSPS) is 24.5. The van der Waals surface area contributed by atoms with Gasteiger partial charge in [0, 0.05) is 24.1 Å². The molecule has 7 nitrogen and oxygen atoms in total. The van der Waals surface area contributed by atoms with Gasteiger partial charge in [-0.05, 0) is 38.8 Å². The molecule has 1 unspecified atom stereocenters. The lowest BCUT2D eigenvalue weighted by atomic mass is 10.1.